The quantitative estimate of drug-likeness (QED) is 0.505. The van der Waals surface area contributed by atoms with Gasteiger partial charge in [-0.15, -0.1) is 0 Å². The molecule has 5 heteroatoms. The van der Waals surface area contributed by atoms with Crippen molar-refractivity contribution in [3.05, 3.63) is 95.4 Å². The monoisotopic (exact) mass is 378 g/mol. The number of carbonyl (C=O) groups excluding carboxylic acids is 2. The molecule has 0 aliphatic carbocycles. The largest absolute Gasteiger partial charge is 0.465 e. The number of hydrogen-bond acceptors (Lipinski definition) is 5. The Morgan fingerprint density at radius 3 is 2.29 bits per heavy atom. The fourth-order valence-corrected chi connectivity index (χ4v) is 2.69. The molecule has 144 valence electrons. The van der Waals surface area contributed by atoms with E-state index >= 15 is 0 Å². The molecule has 28 heavy (non-hydrogen) atoms. The van der Waals surface area contributed by atoms with Crippen LogP contribution in [0.5, 0.6) is 0 Å². The van der Waals surface area contributed by atoms with Gasteiger partial charge < -0.3 is 13.9 Å². The highest BCUT2D eigenvalue weighted by Crippen LogP contribution is 2.13. The van der Waals surface area contributed by atoms with Crippen molar-refractivity contribution in [3.8, 4) is 0 Å². The van der Waals surface area contributed by atoms with Gasteiger partial charge in [-0.25, -0.2) is 4.79 Å². The van der Waals surface area contributed by atoms with Gasteiger partial charge in [0.1, 0.15) is 19.0 Å². The van der Waals surface area contributed by atoms with Crippen LogP contribution in [-0.2, 0) is 33.9 Å². The maximum Gasteiger partial charge on any atom is 0.338 e. The van der Waals surface area contributed by atoms with Crippen molar-refractivity contribution in [3.63, 3.8) is 0 Å². The van der Waals surface area contributed by atoms with Crippen LogP contribution >= 0.6 is 0 Å². The first-order chi connectivity index (χ1) is 13.7. The van der Waals surface area contributed by atoms with E-state index in [-0.39, 0.29) is 19.2 Å². The second-order valence-corrected chi connectivity index (χ2v) is 6.36. The normalized spacial score (nSPS) is 10.4. The predicted octanol–water partition coefficient (Wildman–Crippen LogP) is 4.70. The second-order valence-electron chi connectivity index (χ2n) is 6.36. The Kier molecular flexibility index (Phi) is 7.01. The summed E-state index contributed by atoms with van der Waals surface area (Å²) in [5, 5.41) is 0. The highest BCUT2D eigenvalue weighted by molar-refractivity contribution is 5.89. The van der Waals surface area contributed by atoms with E-state index < -0.39 is 5.97 Å². The number of esters is 2. The summed E-state index contributed by atoms with van der Waals surface area (Å²) in [6, 6.07) is 20.5. The smallest absolute Gasteiger partial charge is 0.338 e. The fraction of sp³-hybridized carbons (Fsp3) is 0.217. The zero-order valence-electron chi connectivity index (χ0n) is 15.5. The molecule has 0 N–H and O–H groups in total. The zero-order chi connectivity index (χ0) is 19.6. The van der Waals surface area contributed by atoms with E-state index in [0.717, 1.165) is 18.4 Å². The Labute approximate surface area is 163 Å². The molecule has 0 radical (unpaired) electrons. The maximum absolute atomic E-state index is 11.9. The van der Waals surface area contributed by atoms with Crippen LogP contribution in [0.1, 0.15) is 40.1 Å². The van der Waals surface area contributed by atoms with Crippen molar-refractivity contribution in [2.75, 3.05) is 0 Å². The Morgan fingerprint density at radius 1 is 0.821 bits per heavy atom. The van der Waals surface area contributed by atoms with Gasteiger partial charge in [0.15, 0.2) is 0 Å². The first kappa shape index (κ1) is 19.4. The second kappa shape index (κ2) is 10.1. The molecule has 0 unspecified atom stereocenters. The molecule has 0 spiro atoms. The standard InChI is InChI=1S/C23H22O5/c24-22(13-7-10-18-8-3-1-4-9-18)27-16-19-14-21(26-15-19)17-28-23(25)20-11-5-2-6-12-20/h1-6,8-9,11-12,14-15H,7,10,13,16-17H2. The summed E-state index contributed by atoms with van der Waals surface area (Å²) in [6.45, 7) is 0.166. The van der Waals surface area contributed by atoms with Crippen LogP contribution in [-0.4, -0.2) is 11.9 Å². The number of ether oxygens (including phenoxy) is 2. The molecule has 1 aromatic heterocycles. The number of rotatable bonds is 9. The summed E-state index contributed by atoms with van der Waals surface area (Å²) in [6.07, 6.45) is 3.46. The third-order valence-electron chi connectivity index (χ3n) is 4.15. The van der Waals surface area contributed by atoms with Gasteiger partial charge in [-0.3, -0.25) is 4.79 Å². The first-order valence-electron chi connectivity index (χ1n) is 9.19. The van der Waals surface area contributed by atoms with Gasteiger partial charge >= 0.3 is 11.9 Å². The molecule has 0 saturated carbocycles. The Bertz CT molecular complexity index is 884. The highest BCUT2D eigenvalue weighted by atomic mass is 16.5. The lowest BCUT2D eigenvalue weighted by atomic mass is 10.1. The van der Waals surface area contributed by atoms with E-state index in [4.69, 9.17) is 13.9 Å². The molecular weight excluding hydrogens is 356 g/mol. The molecule has 3 aromatic rings. The average molecular weight is 378 g/mol. The molecule has 2 aromatic carbocycles. The molecular formula is C23H22O5. The van der Waals surface area contributed by atoms with Crippen LogP contribution in [0.25, 0.3) is 0 Å². The van der Waals surface area contributed by atoms with Crippen LogP contribution in [0, 0.1) is 0 Å². The first-order valence-corrected chi connectivity index (χ1v) is 9.19. The highest BCUT2D eigenvalue weighted by Gasteiger charge is 2.10. The van der Waals surface area contributed by atoms with Gasteiger partial charge in [0, 0.05) is 12.0 Å². The van der Waals surface area contributed by atoms with Crippen molar-refractivity contribution in [2.45, 2.75) is 32.5 Å². The van der Waals surface area contributed by atoms with Gasteiger partial charge in [0.25, 0.3) is 0 Å². The maximum atomic E-state index is 11.9. The fourth-order valence-electron chi connectivity index (χ4n) is 2.69. The molecule has 0 saturated heterocycles. The summed E-state index contributed by atoms with van der Waals surface area (Å²) in [5.74, 6) is -0.156. The molecule has 0 amide bonds. The van der Waals surface area contributed by atoms with Crippen LogP contribution in [0.4, 0.5) is 0 Å². The van der Waals surface area contributed by atoms with E-state index in [2.05, 4.69) is 0 Å². The number of furan rings is 1. The molecule has 0 bridgehead atoms. The Balaban J connectivity index is 1.36. The Hall–Kier alpha value is -3.34. The lowest BCUT2D eigenvalue weighted by Crippen LogP contribution is -2.05. The summed E-state index contributed by atoms with van der Waals surface area (Å²) >= 11 is 0. The van der Waals surface area contributed by atoms with E-state index in [0.29, 0.717) is 17.7 Å². The van der Waals surface area contributed by atoms with Crippen LogP contribution in [0.2, 0.25) is 0 Å². The molecule has 5 nitrogen and oxygen atoms in total. The van der Waals surface area contributed by atoms with Gasteiger partial charge in [0.05, 0.1) is 11.8 Å². The third-order valence-corrected chi connectivity index (χ3v) is 4.15. The summed E-state index contributed by atoms with van der Waals surface area (Å²) in [4.78, 5) is 23.8. The van der Waals surface area contributed by atoms with Crippen LogP contribution in [0.15, 0.2) is 77.4 Å². The molecule has 1 heterocycles. The number of carbonyl (C=O) groups is 2. The van der Waals surface area contributed by atoms with Crippen LogP contribution in [0.3, 0.4) is 0 Å². The van der Waals surface area contributed by atoms with Gasteiger partial charge in [0.2, 0.25) is 0 Å². The van der Waals surface area contributed by atoms with E-state index in [9.17, 15) is 9.59 Å². The van der Waals surface area contributed by atoms with E-state index in [1.54, 1.807) is 30.3 Å². The topological polar surface area (TPSA) is 65.7 Å². The van der Waals surface area contributed by atoms with Crippen molar-refractivity contribution < 1.29 is 23.5 Å². The molecule has 0 aliphatic heterocycles. The minimum atomic E-state index is -0.414. The lowest BCUT2D eigenvalue weighted by Gasteiger charge is -2.03. The van der Waals surface area contributed by atoms with Gasteiger partial charge in [-0.1, -0.05) is 48.5 Å². The summed E-state index contributed by atoms with van der Waals surface area (Å²) in [5.41, 5.74) is 2.42. The molecule has 0 fully saturated rings. The van der Waals surface area contributed by atoms with Crippen LogP contribution < -0.4 is 0 Å². The van der Waals surface area contributed by atoms with Crippen molar-refractivity contribution in [2.24, 2.45) is 0 Å². The Morgan fingerprint density at radius 2 is 1.54 bits per heavy atom. The minimum absolute atomic E-state index is 0.0265. The van der Waals surface area contributed by atoms with E-state index in [1.807, 2.05) is 36.4 Å². The number of benzene rings is 2. The van der Waals surface area contributed by atoms with Crippen molar-refractivity contribution >= 4 is 11.9 Å². The summed E-state index contributed by atoms with van der Waals surface area (Å²) < 4.78 is 15.8. The number of hydrogen-bond donors (Lipinski definition) is 0. The van der Waals surface area contributed by atoms with E-state index in [1.165, 1.54) is 11.8 Å². The third kappa shape index (κ3) is 6.13. The molecule has 3 rings (SSSR count). The molecule has 0 atom stereocenters. The minimum Gasteiger partial charge on any atom is -0.465 e. The predicted molar refractivity (Wildman–Crippen MR) is 103 cm³/mol. The molecule has 0 aliphatic rings. The SMILES string of the molecule is O=C(CCCc1ccccc1)OCc1coc(COC(=O)c2ccccc2)c1. The van der Waals surface area contributed by atoms with Gasteiger partial charge in [-0.05, 0) is 36.6 Å². The number of aryl methyl sites for hydroxylation is 1. The lowest BCUT2D eigenvalue weighted by molar-refractivity contribution is -0.145. The van der Waals surface area contributed by atoms with Crippen molar-refractivity contribution in [1.29, 1.82) is 0 Å². The average Bonchev–Trinajstić information content (AvgIpc) is 3.20. The van der Waals surface area contributed by atoms with Crippen molar-refractivity contribution in [1.82, 2.24) is 0 Å². The van der Waals surface area contributed by atoms with Gasteiger partial charge in [-0.2, -0.15) is 0 Å². The zero-order valence-corrected chi connectivity index (χ0v) is 15.5. The summed E-state index contributed by atoms with van der Waals surface area (Å²) in [7, 11) is 0.